The summed E-state index contributed by atoms with van der Waals surface area (Å²) < 4.78 is 3.79. The number of aromatic nitrogens is 6. The highest BCUT2D eigenvalue weighted by molar-refractivity contribution is 5.94. The first kappa shape index (κ1) is 20.4. The summed E-state index contributed by atoms with van der Waals surface area (Å²) >= 11 is 0. The van der Waals surface area contributed by atoms with Crippen LogP contribution in [0.4, 0.5) is 0 Å². The average Bonchev–Trinajstić information content (AvgIpc) is 3.38. The second-order valence-corrected chi connectivity index (χ2v) is 8.55. The van der Waals surface area contributed by atoms with Gasteiger partial charge in [0.15, 0.2) is 5.82 Å². The molecule has 32 heavy (non-hydrogen) atoms. The number of carbonyl (C=O) groups is 1. The van der Waals surface area contributed by atoms with Crippen molar-refractivity contribution < 1.29 is 4.79 Å². The molecule has 8 nitrogen and oxygen atoms in total. The van der Waals surface area contributed by atoms with Crippen molar-refractivity contribution in [2.75, 3.05) is 0 Å². The molecule has 0 radical (unpaired) electrons. The smallest absolute Gasteiger partial charge is 0.270 e. The van der Waals surface area contributed by atoms with Gasteiger partial charge in [0.1, 0.15) is 11.5 Å². The van der Waals surface area contributed by atoms with Gasteiger partial charge in [0, 0.05) is 37.0 Å². The van der Waals surface area contributed by atoms with Gasteiger partial charge in [-0.25, -0.2) is 19.6 Å². The minimum absolute atomic E-state index is 0.151. The second-order valence-electron chi connectivity index (χ2n) is 8.55. The molecule has 1 atom stereocenters. The van der Waals surface area contributed by atoms with E-state index < -0.39 is 0 Å². The fourth-order valence-corrected chi connectivity index (χ4v) is 4.17. The van der Waals surface area contributed by atoms with Crippen LogP contribution in [0.15, 0.2) is 36.5 Å². The Morgan fingerprint density at radius 3 is 2.75 bits per heavy atom. The van der Waals surface area contributed by atoms with Crippen LogP contribution < -0.4 is 5.32 Å². The molecular weight excluding hydrogens is 402 g/mol. The Bertz CT molecular complexity index is 1290. The van der Waals surface area contributed by atoms with E-state index >= 15 is 0 Å². The fraction of sp³-hybridized carbons (Fsp3) is 0.375. The lowest BCUT2D eigenvalue weighted by Crippen LogP contribution is -2.25. The fourth-order valence-electron chi connectivity index (χ4n) is 4.17. The number of hydrogen-bond donors (Lipinski definition) is 1. The summed E-state index contributed by atoms with van der Waals surface area (Å²) in [4.78, 5) is 26.6. The molecule has 0 aliphatic carbocycles. The zero-order valence-corrected chi connectivity index (χ0v) is 18.7. The number of rotatable bonds is 5. The third-order valence-electron chi connectivity index (χ3n) is 6.03. The molecule has 0 saturated carbocycles. The number of hydrogen-bond acceptors (Lipinski definition) is 5. The molecule has 164 valence electrons. The summed E-state index contributed by atoms with van der Waals surface area (Å²) in [6.07, 6.45) is 4.65. The standard InChI is InChI=1S/C24H27N7O/c1-4-19-21(30-11-10-16(3)26-24(30)27-19)23(32)25-14-17-5-7-18(8-6-17)22-28-20-13-15(2)9-12-31(20)29-22/h5-8,10-11,15H,4,9,12-14H2,1-3H3,(H,25,32). The highest BCUT2D eigenvalue weighted by atomic mass is 16.1. The summed E-state index contributed by atoms with van der Waals surface area (Å²) in [5.41, 5.74) is 4.18. The van der Waals surface area contributed by atoms with E-state index in [4.69, 9.17) is 4.98 Å². The van der Waals surface area contributed by atoms with E-state index in [1.165, 1.54) is 0 Å². The first-order valence-electron chi connectivity index (χ1n) is 11.2. The van der Waals surface area contributed by atoms with Gasteiger partial charge in [-0.2, -0.15) is 5.10 Å². The van der Waals surface area contributed by atoms with Gasteiger partial charge in [-0.3, -0.25) is 9.20 Å². The Morgan fingerprint density at radius 2 is 1.97 bits per heavy atom. The second kappa shape index (κ2) is 8.18. The molecule has 1 N–H and O–H groups in total. The third kappa shape index (κ3) is 3.77. The number of aryl methyl sites for hydroxylation is 3. The number of imidazole rings is 1. The molecule has 1 amide bonds. The van der Waals surface area contributed by atoms with Gasteiger partial charge in [0.05, 0.1) is 5.69 Å². The van der Waals surface area contributed by atoms with Crippen LogP contribution in [0.2, 0.25) is 0 Å². The Morgan fingerprint density at radius 1 is 1.16 bits per heavy atom. The summed E-state index contributed by atoms with van der Waals surface area (Å²) in [6, 6.07) is 9.94. The normalized spacial score (nSPS) is 15.7. The molecule has 8 heteroatoms. The molecular formula is C24H27N7O. The minimum Gasteiger partial charge on any atom is -0.347 e. The maximum atomic E-state index is 13.0. The van der Waals surface area contributed by atoms with Gasteiger partial charge in [0.25, 0.3) is 5.91 Å². The summed E-state index contributed by atoms with van der Waals surface area (Å²) in [5, 5.41) is 7.69. The Labute approximate surface area is 186 Å². The van der Waals surface area contributed by atoms with Crippen molar-refractivity contribution in [1.29, 1.82) is 0 Å². The lowest BCUT2D eigenvalue weighted by molar-refractivity contribution is 0.0944. The van der Waals surface area contributed by atoms with E-state index in [-0.39, 0.29) is 5.91 Å². The quantitative estimate of drug-likeness (QED) is 0.525. The third-order valence-corrected chi connectivity index (χ3v) is 6.03. The molecule has 4 aromatic rings. The SMILES string of the molecule is CCc1nc2nc(C)ccn2c1C(=O)NCc1ccc(-c2nc3n(n2)CCC(C)C3)cc1. The number of fused-ring (bicyclic) bond motifs is 2. The van der Waals surface area contributed by atoms with Gasteiger partial charge in [0.2, 0.25) is 5.78 Å². The van der Waals surface area contributed by atoms with Gasteiger partial charge >= 0.3 is 0 Å². The van der Waals surface area contributed by atoms with Crippen molar-refractivity contribution in [2.24, 2.45) is 5.92 Å². The molecule has 0 bridgehead atoms. The summed E-state index contributed by atoms with van der Waals surface area (Å²) in [6.45, 7) is 7.53. The van der Waals surface area contributed by atoms with Crippen molar-refractivity contribution >= 4 is 11.7 Å². The van der Waals surface area contributed by atoms with Crippen molar-refractivity contribution in [3.63, 3.8) is 0 Å². The van der Waals surface area contributed by atoms with E-state index in [0.29, 0.717) is 30.4 Å². The van der Waals surface area contributed by atoms with Crippen LogP contribution in [0.1, 0.15) is 53.5 Å². The van der Waals surface area contributed by atoms with Gasteiger partial charge in [-0.1, -0.05) is 38.1 Å². The molecule has 0 spiro atoms. The van der Waals surface area contributed by atoms with E-state index in [0.717, 1.165) is 53.5 Å². The van der Waals surface area contributed by atoms with Crippen molar-refractivity contribution in [3.05, 3.63) is 65.0 Å². The van der Waals surface area contributed by atoms with Crippen LogP contribution >= 0.6 is 0 Å². The minimum atomic E-state index is -0.151. The maximum Gasteiger partial charge on any atom is 0.270 e. The zero-order valence-electron chi connectivity index (χ0n) is 18.7. The predicted octanol–water partition coefficient (Wildman–Crippen LogP) is 3.37. The highest BCUT2D eigenvalue weighted by Crippen LogP contribution is 2.23. The Balaban J connectivity index is 1.30. The maximum absolute atomic E-state index is 13.0. The Kier molecular flexibility index (Phi) is 5.20. The van der Waals surface area contributed by atoms with Crippen LogP contribution in [-0.2, 0) is 25.9 Å². The van der Waals surface area contributed by atoms with Gasteiger partial charge in [-0.05, 0) is 37.3 Å². The number of nitrogens with one attached hydrogen (secondary N) is 1. The molecule has 4 heterocycles. The molecule has 1 aromatic carbocycles. The largest absolute Gasteiger partial charge is 0.347 e. The zero-order chi connectivity index (χ0) is 22.2. The number of carbonyl (C=O) groups excluding carboxylic acids is 1. The number of benzene rings is 1. The lowest BCUT2D eigenvalue weighted by atomic mass is 10.0. The van der Waals surface area contributed by atoms with Gasteiger partial charge < -0.3 is 5.32 Å². The monoisotopic (exact) mass is 429 g/mol. The average molecular weight is 430 g/mol. The molecule has 1 aliphatic rings. The highest BCUT2D eigenvalue weighted by Gasteiger charge is 2.20. The van der Waals surface area contributed by atoms with E-state index in [2.05, 4.69) is 27.3 Å². The van der Waals surface area contributed by atoms with E-state index in [9.17, 15) is 4.79 Å². The van der Waals surface area contributed by atoms with Crippen LogP contribution in [0.25, 0.3) is 17.2 Å². The predicted molar refractivity (Wildman–Crippen MR) is 121 cm³/mol. The first-order chi connectivity index (χ1) is 15.5. The van der Waals surface area contributed by atoms with Crippen molar-refractivity contribution in [2.45, 2.75) is 53.1 Å². The molecule has 1 aliphatic heterocycles. The van der Waals surface area contributed by atoms with E-state index in [1.807, 2.05) is 55.1 Å². The number of amides is 1. The molecule has 0 fully saturated rings. The lowest BCUT2D eigenvalue weighted by Gasteiger charge is -2.17. The summed E-state index contributed by atoms with van der Waals surface area (Å²) in [7, 11) is 0. The molecule has 1 unspecified atom stereocenters. The summed E-state index contributed by atoms with van der Waals surface area (Å²) in [5.74, 6) is 2.90. The molecule has 0 saturated heterocycles. The van der Waals surface area contributed by atoms with Crippen LogP contribution in [-0.4, -0.2) is 35.0 Å². The molecule has 3 aromatic heterocycles. The van der Waals surface area contributed by atoms with Crippen LogP contribution in [0, 0.1) is 12.8 Å². The first-order valence-corrected chi connectivity index (χ1v) is 11.2. The Hall–Kier alpha value is -3.55. The van der Waals surface area contributed by atoms with Gasteiger partial charge in [-0.15, -0.1) is 0 Å². The van der Waals surface area contributed by atoms with Crippen LogP contribution in [0.3, 0.4) is 0 Å². The topological polar surface area (TPSA) is 90.0 Å². The van der Waals surface area contributed by atoms with Crippen molar-refractivity contribution in [3.8, 4) is 11.4 Å². The van der Waals surface area contributed by atoms with Crippen LogP contribution in [0.5, 0.6) is 0 Å². The van der Waals surface area contributed by atoms with E-state index in [1.54, 1.807) is 4.40 Å². The molecule has 5 rings (SSSR count). The van der Waals surface area contributed by atoms with Crippen molar-refractivity contribution in [1.82, 2.24) is 34.4 Å². The number of nitrogens with zero attached hydrogens (tertiary/aromatic N) is 6.